The van der Waals surface area contributed by atoms with Crippen molar-refractivity contribution in [3.05, 3.63) is 88.9 Å². The van der Waals surface area contributed by atoms with Crippen molar-refractivity contribution >= 4 is 35.5 Å². The molecule has 1 aromatic heterocycles. The van der Waals surface area contributed by atoms with Crippen LogP contribution in [-0.4, -0.2) is 39.7 Å². The monoisotopic (exact) mass is 491 g/mol. The molecular weight excluding hydrogens is 470 g/mol. The number of amides is 1. The Kier molecular flexibility index (Phi) is 7.61. The van der Waals surface area contributed by atoms with Gasteiger partial charge in [0.2, 0.25) is 0 Å². The minimum atomic E-state index is -0.266. The number of nitrogens with zero attached hydrogens (tertiary/aromatic N) is 4. The summed E-state index contributed by atoms with van der Waals surface area (Å²) in [5.41, 5.74) is 6.18. The molecule has 0 radical (unpaired) electrons. The molecule has 0 aliphatic rings. The molecule has 0 unspecified atom stereocenters. The molecule has 1 heterocycles. The summed E-state index contributed by atoms with van der Waals surface area (Å²) in [6.45, 7) is 2.03. The Morgan fingerprint density at radius 1 is 1.09 bits per heavy atom. The number of hydrogen-bond donors (Lipinski definition) is 1. The summed E-state index contributed by atoms with van der Waals surface area (Å²) >= 11 is 7.38. The molecule has 0 atom stereocenters. The van der Waals surface area contributed by atoms with E-state index in [0.29, 0.717) is 16.0 Å². The third kappa shape index (κ3) is 5.65. The van der Waals surface area contributed by atoms with Crippen LogP contribution in [0.2, 0.25) is 5.02 Å². The van der Waals surface area contributed by atoms with Crippen molar-refractivity contribution in [1.29, 1.82) is 0 Å². The molecule has 0 aliphatic carbocycles. The van der Waals surface area contributed by atoms with Crippen molar-refractivity contribution in [3.63, 3.8) is 0 Å². The predicted molar refractivity (Wildman–Crippen MR) is 136 cm³/mol. The highest BCUT2D eigenvalue weighted by molar-refractivity contribution is 7.99. The Labute approximate surface area is 206 Å². The lowest BCUT2D eigenvalue weighted by Gasteiger charge is -2.11. The zero-order valence-electron chi connectivity index (χ0n) is 18.6. The van der Waals surface area contributed by atoms with E-state index in [1.165, 1.54) is 18.0 Å². The molecule has 0 saturated heterocycles. The van der Waals surface area contributed by atoms with Crippen LogP contribution in [0.5, 0.6) is 5.75 Å². The van der Waals surface area contributed by atoms with Crippen LogP contribution in [0.4, 0.5) is 0 Å². The summed E-state index contributed by atoms with van der Waals surface area (Å²) in [4.78, 5) is 12.4. The van der Waals surface area contributed by atoms with Crippen LogP contribution in [-0.2, 0) is 4.79 Å². The number of hydrazone groups is 1. The minimum absolute atomic E-state index is 0.118. The number of halogens is 1. The van der Waals surface area contributed by atoms with E-state index >= 15 is 0 Å². The second-order valence-corrected chi connectivity index (χ2v) is 8.66. The van der Waals surface area contributed by atoms with Crippen molar-refractivity contribution in [2.45, 2.75) is 12.1 Å². The van der Waals surface area contributed by atoms with Gasteiger partial charge in [0.25, 0.3) is 5.91 Å². The molecular formula is C25H22ClN5O2S. The highest BCUT2D eigenvalue weighted by Gasteiger charge is 2.17. The van der Waals surface area contributed by atoms with Crippen LogP contribution >= 0.6 is 23.4 Å². The maximum Gasteiger partial charge on any atom is 0.250 e. The Balaban J connectivity index is 1.53. The van der Waals surface area contributed by atoms with Crippen molar-refractivity contribution in [3.8, 4) is 22.8 Å². The van der Waals surface area contributed by atoms with Crippen molar-refractivity contribution in [2.24, 2.45) is 5.10 Å². The number of aryl methyl sites for hydroxylation is 1. The van der Waals surface area contributed by atoms with Crippen LogP contribution in [0.15, 0.2) is 83.1 Å². The van der Waals surface area contributed by atoms with E-state index in [1.54, 1.807) is 13.2 Å². The maximum atomic E-state index is 12.4. The van der Waals surface area contributed by atoms with E-state index in [0.717, 1.165) is 28.1 Å². The molecule has 0 bridgehead atoms. The van der Waals surface area contributed by atoms with Gasteiger partial charge in [0, 0.05) is 21.8 Å². The van der Waals surface area contributed by atoms with Gasteiger partial charge < -0.3 is 4.74 Å². The summed E-state index contributed by atoms with van der Waals surface area (Å²) in [5.74, 6) is 1.28. The van der Waals surface area contributed by atoms with Crippen molar-refractivity contribution in [1.82, 2.24) is 20.2 Å². The molecule has 4 rings (SSSR count). The molecule has 0 saturated carbocycles. The van der Waals surface area contributed by atoms with Crippen LogP contribution in [0, 0.1) is 6.92 Å². The molecule has 4 aromatic rings. The quantitative estimate of drug-likeness (QED) is 0.209. The molecule has 7 nitrogen and oxygen atoms in total. The number of hydrogen-bond acceptors (Lipinski definition) is 6. The number of benzene rings is 3. The largest absolute Gasteiger partial charge is 0.497 e. The normalized spacial score (nSPS) is 11.0. The van der Waals surface area contributed by atoms with E-state index in [-0.39, 0.29) is 11.7 Å². The smallest absolute Gasteiger partial charge is 0.250 e. The third-order valence-electron chi connectivity index (χ3n) is 4.90. The molecule has 0 aliphatic heterocycles. The van der Waals surface area contributed by atoms with Crippen LogP contribution in [0.3, 0.4) is 0 Å². The Bertz CT molecular complexity index is 1300. The van der Waals surface area contributed by atoms with E-state index in [4.69, 9.17) is 16.3 Å². The second kappa shape index (κ2) is 11.0. The minimum Gasteiger partial charge on any atom is -0.497 e. The molecule has 9 heteroatoms. The highest BCUT2D eigenvalue weighted by atomic mass is 35.5. The number of methoxy groups -OCH3 is 1. The number of nitrogens with one attached hydrogen (secondary N) is 1. The Morgan fingerprint density at radius 2 is 1.82 bits per heavy atom. The number of rotatable bonds is 8. The average Bonchev–Trinajstić information content (AvgIpc) is 3.28. The lowest BCUT2D eigenvalue weighted by molar-refractivity contribution is -0.118. The van der Waals surface area contributed by atoms with Gasteiger partial charge in [-0.15, -0.1) is 10.2 Å². The second-order valence-electron chi connectivity index (χ2n) is 7.31. The summed E-state index contributed by atoms with van der Waals surface area (Å²) in [5, 5.41) is 13.9. The first-order valence-electron chi connectivity index (χ1n) is 10.4. The summed E-state index contributed by atoms with van der Waals surface area (Å²) < 4.78 is 7.20. The van der Waals surface area contributed by atoms with Gasteiger partial charge in [-0.2, -0.15) is 5.10 Å². The first kappa shape index (κ1) is 23.5. The molecule has 1 amide bonds. The molecule has 0 spiro atoms. The number of aromatic nitrogens is 3. The fourth-order valence-electron chi connectivity index (χ4n) is 3.13. The Hall–Kier alpha value is -3.62. The van der Waals surface area contributed by atoms with Gasteiger partial charge in [0.15, 0.2) is 11.0 Å². The molecule has 172 valence electrons. The zero-order valence-corrected chi connectivity index (χ0v) is 20.2. The molecule has 1 N–H and O–H groups in total. The first-order valence-corrected chi connectivity index (χ1v) is 11.8. The topological polar surface area (TPSA) is 81.4 Å². The predicted octanol–water partition coefficient (Wildman–Crippen LogP) is 5.15. The van der Waals surface area contributed by atoms with Gasteiger partial charge >= 0.3 is 0 Å². The van der Waals surface area contributed by atoms with Gasteiger partial charge in [-0.05, 0) is 49.4 Å². The van der Waals surface area contributed by atoms with Gasteiger partial charge in [-0.25, -0.2) is 5.43 Å². The van der Waals surface area contributed by atoms with Crippen LogP contribution in [0.1, 0.15) is 11.1 Å². The summed E-state index contributed by atoms with van der Waals surface area (Å²) in [6.07, 6.45) is 1.52. The van der Waals surface area contributed by atoms with E-state index in [9.17, 15) is 4.79 Å². The summed E-state index contributed by atoms with van der Waals surface area (Å²) in [6, 6.07) is 22.9. The number of carbonyl (C=O) groups excluding carboxylic acids is 1. The fraction of sp³-hybridized carbons (Fsp3) is 0.120. The average molecular weight is 492 g/mol. The van der Waals surface area contributed by atoms with Crippen molar-refractivity contribution < 1.29 is 9.53 Å². The fourth-order valence-corrected chi connectivity index (χ4v) is 4.06. The SMILES string of the molecule is COc1ccc(-c2nnc(SCC(=O)N/N=C\c3ccccc3Cl)n2-c2ccc(C)cc2)cc1. The van der Waals surface area contributed by atoms with E-state index in [2.05, 4.69) is 20.7 Å². The van der Waals surface area contributed by atoms with Gasteiger partial charge in [-0.1, -0.05) is 59.3 Å². The molecule has 0 fully saturated rings. The zero-order chi connectivity index (χ0) is 23.9. The maximum absolute atomic E-state index is 12.4. The van der Waals surface area contributed by atoms with Gasteiger partial charge in [0.05, 0.1) is 19.1 Å². The number of carbonyl (C=O) groups is 1. The third-order valence-corrected chi connectivity index (χ3v) is 6.18. The lowest BCUT2D eigenvalue weighted by atomic mass is 10.2. The highest BCUT2D eigenvalue weighted by Crippen LogP contribution is 2.29. The molecule has 3 aromatic carbocycles. The standard InChI is InChI=1S/C25H22ClN5O2S/c1-17-7-11-20(12-8-17)31-24(18-9-13-21(33-2)14-10-18)29-30-25(31)34-16-23(32)28-27-15-19-5-3-4-6-22(19)26/h3-15H,16H2,1-2H3,(H,28,32)/b27-15-. The van der Waals surface area contributed by atoms with Gasteiger partial charge in [-0.3, -0.25) is 9.36 Å². The number of thioether (sulfide) groups is 1. The lowest BCUT2D eigenvalue weighted by Crippen LogP contribution is -2.20. The number of ether oxygens (including phenoxy) is 1. The summed E-state index contributed by atoms with van der Waals surface area (Å²) in [7, 11) is 1.63. The van der Waals surface area contributed by atoms with Crippen LogP contribution in [0.25, 0.3) is 17.1 Å². The van der Waals surface area contributed by atoms with Crippen molar-refractivity contribution in [2.75, 3.05) is 12.9 Å². The molecule has 34 heavy (non-hydrogen) atoms. The Morgan fingerprint density at radius 3 is 2.53 bits per heavy atom. The van der Waals surface area contributed by atoms with Gasteiger partial charge in [0.1, 0.15) is 5.75 Å². The first-order chi connectivity index (χ1) is 16.5. The van der Waals surface area contributed by atoms with E-state index < -0.39 is 0 Å². The van der Waals surface area contributed by atoms with E-state index in [1.807, 2.05) is 78.2 Å². The van der Waals surface area contributed by atoms with Crippen LogP contribution < -0.4 is 10.2 Å².